The summed E-state index contributed by atoms with van der Waals surface area (Å²) in [6.07, 6.45) is -10.8. The van der Waals surface area contributed by atoms with Gasteiger partial charge < -0.3 is 5.11 Å². The van der Waals surface area contributed by atoms with Gasteiger partial charge in [0.2, 0.25) is 0 Å². The number of rotatable bonds is 5. The second kappa shape index (κ2) is 6.25. The fraction of sp³-hybridized carbons (Fsp3) is 0.571. The molecule has 0 spiro atoms. The topological polar surface area (TPSA) is 20.2 Å². The lowest BCUT2D eigenvalue weighted by Gasteiger charge is -2.34. The van der Waals surface area contributed by atoms with Gasteiger partial charge in [0.25, 0.3) is 0 Å². The monoisotopic (exact) mass is 314 g/mol. The van der Waals surface area contributed by atoms with E-state index in [0.29, 0.717) is 12.1 Å². The summed E-state index contributed by atoms with van der Waals surface area (Å²) in [6, 6.07) is 3.26. The maximum atomic E-state index is 14.2. The fourth-order valence-electron chi connectivity index (χ4n) is 1.96. The molecule has 0 bridgehead atoms. The van der Waals surface area contributed by atoms with E-state index in [1.807, 2.05) is 0 Å². The maximum Gasteiger partial charge on any atom is 0.416 e. The molecule has 1 aromatic carbocycles. The van der Waals surface area contributed by atoms with Crippen LogP contribution in [-0.2, 0) is 11.6 Å². The molecule has 1 aromatic rings. The van der Waals surface area contributed by atoms with E-state index in [4.69, 9.17) is 0 Å². The van der Waals surface area contributed by atoms with E-state index in [1.165, 1.54) is 0 Å². The van der Waals surface area contributed by atoms with E-state index in [0.717, 1.165) is 26.0 Å². The van der Waals surface area contributed by atoms with E-state index < -0.39 is 42.3 Å². The third-order valence-electron chi connectivity index (χ3n) is 3.53. The molecule has 0 aliphatic rings. The van der Waals surface area contributed by atoms with Gasteiger partial charge in [-0.2, -0.15) is 13.2 Å². The van der Waals surface area contributed by atoms with Gasteiger partial charge in [0.05, 0.1) is 11.0 Å². The first-order valence-electron chi connectivity index (χ1n) is 6.24. The van der Waals surface area contributed by atoms with Crippen LogP contribution in [0.4, 0.5) is 26.3 Å². The Morgan fingerprint density at radius 1 is 1.05 bits per heavy atom. The van der Waals surface area contributed by atoms with Crippen LogP contribution in [0.15, 0.2) is 24.3 Å². The first-order valence-corrected chi connectivity index (χ1v) is 6.24. The maximum absolute atomic E-state index is 14.2. The number of hydrogen-bond acceptors (Lipinski definition) is 1. The van der Waals surface area contributed by atoms with Crippen molar-refractivity contribution in [2.45, 2.75) is 43.9 Å². The minimum absolute atomic E-state index is 0.0785. The molecular weight excluding hydrogens is 298 g/mol. The van der Waals surface area contributed by atoms with Crippen LogP contribution in [0.2, 0.25) is 0 Å². The smallest absolute Gasteiger partial charge is 0.387 e. The molecule has 0 fully saturated rings. The molecule has 21 heavy (non-hydrogen) atoms. The lowest BCUT2D eigenvalue weighted by molar-refractivity contribution is -0.137. The molecule has 0 heterocycles. The third-order valence-corrected chi connectivity index (χ3v) is 3.53. The molecule has 4 unspecified atom stereocenters. The fourth-order valence-corrected chi connectivity index (χ4v) is 1.96. The van der Waals surface area contributed by atoms with Crippen molar-refractivity contribution in [2.24, 2.45) is 0 Å². The van der Waals surface area contributed by atoms with Crippen molar-refractivity contribution in [3.8, 4) is 0 Å². The molecule has 1 N–H and O–H groups in total. The van der Waals surface area contributed by atoms with Crippen molar-refractivity contribution in [3.05, 3.63) is 35.4 Å². The van der Waals surface area contributed by atoms with Gasteiger partial charge in [-0.05, 0) is 24.6 Å². The molecule has 0 amide bonds. The standard InChI is InChI=1S/C14H16F6O/c1-8(16)11(21)12(17)13(2,7-15)9-3-5-10(6-4-9)14(18,19)20/h3-6,8,11-12,21H,7H2,1-2H3. The van der Waals surface area contributed by atoms with Gasteiger partial charge in [-0.1, -0.05) is 19.1 Å². The highest BCUT2D eigenvalue weighted by Crippen LogP contribution is 2.36. The molecule has 0 aliphatic heterocycles. The van der Waals surface area contributed by atoms with Crippen LogP contribution in [0.5, 0.6) is 0 Å². The second-order valence-corrected chi connectivity index (χ2v) is 5.20. The summed E-state index contributed by atoms with van der Waals surface area (Å²) < 4.78 is 77.8. The van der Waals surface area contributed by atoms with Crippen molar-refractivity contribution in [1.82, 2.24) is 0 Å². The van der Waals surface area contributed by atoms with Crippen LogP contribution in [0.3, 0.4) is 0 Å². The third kappa shape index (κ3) is 3.70. The number of benzene rings is 1. The van der Waals surface area contributed by atoms with E-state index in [2.05, 4.69) is 0 Å². The van der Waals surface area contributed by atoms with Crippen molar-refractivity contribution < 1.29 is 31.4 Å². The van der Waals surface area contributed by atoms with Crippen LogP contribution in [-0.4, -0.2) is 30.2 Å². The SMILES string of the molecule is CC(F)C(O)C(F)C(C)(CF)c1ccc(C(F)(F)F)cc1. The van der Waals surface area contributed by atoms with E-state index in [-0.39, 0.29) is 5.56 Å². The predicted molar refractivity (Wildman–Crippen MR) is 66.2 cm³/mol. The summed E-state index contributed by atoms with van der Waals surface area (Å²) in [5, 5.41) is 9.41. The molecule has 7 heteroatoms. The zero-order valence-corrected chi connectivity index (χ0v) is 11.5. The Labute approximate surface area is 118 Å². The lowest BCUT2D eigenvalue weighted by Crippen LogP contribution is -2.46. The van der Waals surface area contributed by atoms with Gasteiger partial charge >= 0.3 is 6.18 Å². The van der Waals surface area contributed by atoms with Crippen molar-refractivity contribution in [2.75, 3.05) is 6.67 Å². The highest BCUT2D eigenvalue weighted by Gasteiger charge is 2.43. The van der Waals surface area contributed by atoms with Crippen LogP contribution >= 0.6 is 0 Å². The molecule has 120 valence electrons. The summed E-state index contributed by atoms with van der Waals surface area (Å²) in [7, 11) is 0. The Hall–Kier alpha value is -1.24. The quantitative estimate of drug-likeness (QED) is 0.815. The van der Waals surface area contributed by atoms with Gasteiger partial charge in [0, 0.05) is 0 Å². The Balaban J connectivity index is 3.14. The number of aliphatic hydroxyl groups is 1. The Morgan fingerprint density at radius 2 is 1.48 bits per heavy atom. The highest BCUT2D eigenvalue weighted by molar-refractivity contribution is 5.32. The first-order chi connectivity index (χ1) is 9.54. The average Bonchev–Trinajstić information content (AvgIpc) is 2.43. The first kappa shape index (κ1) is 17.8. The van der Waals surface area contributed by atoms with Gasteiger partial charge in [0.15, 0.2) is 0 Å². The summed E-state index contributed by atoms with van der Waals surface area (Å²) in [4.78, 5) is 0. The number of alkyl halides is 6. The molecule has 4 atom stereocenters. The van der Waals surface area contributed by atoms with Gasteiger partial charge in [0.1, 0.15) is 25.1 Å². The molecule has 0 saturated carbocycles. The largest absolute Gasteiger partial charge is 0.416 e. The summed E-state index contributed by atoms with van der Waals surface area (Å²) >= 11 is 0. The minimum Gasteiger partial charge on any atom is -0.387 e. The van der Waals surface area contributed by atoms with Gasteiger partial charge in [-0.3, -0.25) is 4.39 Å². The van der Waals surface area contributed by atoms with Crippen molar-refractivity contribution in [1.29, 1.82) is 0 Å². The second-order valence-electron chi connectivity index (χ2n) is 5.20. The molecule has 0 radical (unpaired) electrons. The Morgan fingerprint density at radius 3 is 1.81 bits per heavy atom. The van der Waals surface area contributed by atoms with Crippen LogP contribution in [0.25, 0.3) is 0 Å². The van der Waals surface area contributed by atoms with Gasteiger partial charge in [-0.15, -0.1) is 0 Å². The zero-order chi connectivity index (χ0) is 16.4. The Bertz CT molecular complexity index is 456. The number of hydrogen-bond donors (Lipinski definition) is 1. The van der Waals surface area contributed by atoms with E-state index in [9.17, 15) is 31.4 Å². The minimum atomic E-state index is -4.56. The number of aliphatic hydroxyl groups excluding tert-OH is 1. The van der Waals surface area contributed by atoms with E-state index in [1.54, 1.807) is 0 Å². The van der Waals surface area contributed by atoms with Crippen molar-refractivity contribution in [3.63, 3.8) is 0 Å². The summed E-state index contributed by atoms with van der Waals surface area (Å²) in [5.41, 5.74) is -2.96. The molecule has 0 aromatic heterocycles. The van der Waals surface area contributed by atoms with E-state index >= 15 is 0 Å². The Kier molecular flexibility index (Phi) is 5.30. The molecule has 0 aliphatic carbocycles. The number of halogens is 6. The molecule has 1 rings (SSSR count). The average molecular weight is 314 g/mol. The molecule has 1 nitrogen and oxygen atoms in total. The normalized spacial score (nSPS) is 19.7. The van der Waals surface area contributed by atoms with Crippen LogP contribution < -0.4 is 0 Å². The lowest BCUT2D eigenvalue weighted by atomic mass is 9.76. The molecular formula is C14H16F6O. The van der Waals surface area contributed by atoms with Crippen LogP contribution in [0.1, 0.15) is 25.0 Å². The molecule has 0 saturated heterocycles. The highest BCUT2D eigenvalue weighted by atomic mass is 19.4. The van der Waals surface area contributed by atoms with Gasteiger partial charge in [-0.25, -0.2) is 8.78 Å². The summed E-state index contributed by atoms with van der Waals surface area (Å²) in [6.45, 7) is 0.720. The summed E-state index contributed by atoms with van der Waals surface area (Å²) in [5.74, 6) is 0. The van der Waals surface area contributed by atoms with Crippen molar-refractivity contribution >= 4 is 0 Å². The predicted octanol–water partition coefficient (Wildman–Crippen LogP) is 3.99. The zero-order valence-electron chi connectivity index (χ0n) is 11.5. The van der Waals surface area contributed by atoms with Crippen LogP contribution in [0, 0.1) is 0 Å².